The number of carbonyl (C=O) groups excluding carboxylic acids is 3. The van der Waals surface area contributed by atoms with E-state index in [1.165, 1.54) is 5.56 Å². The van der Waals surface area contributed by atoms with E-state index in [1.807, 2.05) is 37.3 Å². The highest BCUT2D eigenvalue weighted by Gasteiger charge is 2.12. The highest BCUT2D eigenvalue weighted by molar-refractivity contribution is 7.80. The van der Waals surface area contributed by atoms with Crippen LogP contribution >= 0.6 is 12.2 Å². The molecular weight excluding hydrogens is 426 g/mol. The molecule has 0 saturated carbocycles. The molecule has 170 valence electrons. The first kappa shape index (κ1) is 25.0. The predicted molar refractivity (Wildman–Crippen MR) is 129 cm³/mol. The van der Waals surface area contributed by atoms with Gasteiger partial charge in [0.2, 0.25) is 11.8 Å². The average molecular weight is 456 g/mol. The molecule has 32 heavy (non-hydrogen) atoms. The summed E-state index contributed by atoms with van der Waals surface area (Å²) in [6.07, 6.45) is 1.90. The second kappa shape index (κ2) is 13.2. The molecule has 0 heterocycles. The van der Waals surface area contributed by atoms with Gasteiger partial charge in [-0.2, -0.15) is 0 Å². The maximum atomic E-state index is 12.1. The summed E-state index contributed by atoms with van der Waals surface area (Å²) >= 11 is 5.19. The first-order chi connectivity index (χ1) is 15.4. The molecular formula is C24H29N3O4S. The van der Waals surface area contributed by atoms with Crippen LogP contribution in [-0.4, -0.2) is 29.5 Å². The topological polar surface area (TPSA) is 96.5 Å². The van der Waals surface area contributed by atoms with E-state index in [-0.39, 0.29) is 29.8 Å². The first-order valence-corrected chi connectivity index (χ1v) is 11.0. The van der Waals surface area contributed by atoms with Crippen molar-refractivity contribution in [1.82, 2.24) is 5.32 Å². The second-order valence-corrected chi connectivity index (χ2v) is 7.60. The van der Waals surface area contributed by atoms with Crippen LogP contribution in [0, 0.1) is 6.92 Å². The van der Waals surface area contributed by atoms with Crippen LogP contribution in [0.2, 0.25) is 0 Å². The Bertz CT molecular complexity index is 948. The molecule has 0 radical (unpaired) electrons. The van der Waals surface area contributed by atoms with Crippen molar-refractivity contribution in [3.05, 3.63) is 59.7 Å². The van der Waals surface area contributed by atoms with E-state index < -0.39 is 5.97 Å². The van der Waals surface area contributed by atoms with Crippen LogP contribution < -0.4 is 16.0 Å². The van der Waals surface area contributed by atoms with Crippen molar-refractivity contribution in [2.45, 2.75) is 46.0 Å². The van der Waals surface area contributed by atoms with Gasteiger partial charge in [0.05, 0.1) is 13.0 Å². The predicted octanol–water partition coefficient (Wildman–Crippen LogP) is 4.11. The van der Waals surface area contributed by atoms with Crippen molar-refractivity contribution in [3.8, 4) is 0 Å². The van der Waals surface area contributed by atoms with E-state index >= 15 is 0 Å². The molecule has 0 saturated heterocycles. The number of ether oxygens (including phenoxy) is 1. The third-order valence-electron chi connectivity index (χ3n) is 4.70. The largest absolute Gasteiger partial charge is 0.466 e. The first-order valence-electron chi connectivity index (χ1n) is 10.6. The number of thiocarbonyl (C=S) groups is 1. The summed E-state index contributed by atoms with van der Waals surface area (Å²) in [6.45, 7) is 3.93. The number of hydrogen-bond acceptors (Lipinski definition) is 5. The van der Waals surface area contributed by atoms with Crippen LogP contribution in [0.5, 0.6) is 0 Å². The molecule has 0 bridgehead atoms. The summed E-state index contributed by atoms with van der Waals surface area (Å²) in [5.74, 6) is -0.882. The van der Waals surface area contributed by atoms with Crippen LogP contribution in [0.1, 0.15) is 43.7 Å². The van der Waals surface area contributed by atoms with E-state index in [2.05, 4.69) is 16.0 Å². The zero-order chi connectivity index (χ0) is 23.3. The average Bonchev–Trinajstić information content (AvgIpc) is 2.78. The Labute approximate surface area is 193 Å². The van der Waals surface area contributed by atoms with Crippen LogP contribution in [0.25, 0.3) is 0 Å². The number of hydrogen-bond donors (Lipinski definition) is 3. The van der Waals surface area contributed by atoms with Gasteiger partial charge in [-0.15, -0.1) is 0 Å². The van der Waals surface area contributed by atoms with Crippen molar-refractivity contribution in [2.24, 2.45) is 0 Å². The van der Waals surface area contributed by atoms with Gasteiger partial charge in [-0.1, -0.05) is 43.3 Å². The third kappa shape index (κ3) is 8.85. The van der Waals surface area contributed by atoms with E-state index in [0.717, 1.165) is 18.4 Å². The number of benzene rings is 2. The van der Waals surface area contributed by atoms with Gasteiger partial charge in [0.25, 0.3) is 0 Å². The van der Waals surface area contributed by atoms with Gasteiger partial charge < -0.3 is 20.7 Å². The fraction of sp³-hybridized carbons (Fsp3) is 0.333. The highest BCUT2D eigenvalue weighted by atomic mass is 32.1. The monoisotopic (exact) mass is 455 g/mol. The molecule has 0 fully saturated rings. The molecule has 0 spiro atoms. The quantitative estimate of drug-likeness (QED) is 0.283. The normalized spacial score (nSPS) is 10.2. The van der Waals surface area contributed by atoms with Crippen molar-refractivity contribution in [1.29, 1.82) is 0 Å². The summed E-state index contributed by atoms with van der Waals surface area (Å²) < 4.78 is 5.18. The van der Waals surface area contributed by atoms with Gasteiger partial charge >= 0.3 is 5.97 Å². The summed E-state index contributed by atoms with van der Waals surface area (Å²) in [4.78, 5) is 35.6. The Morgan fingerprint density at radius 1 is 0.906 bits per heavy atom. The Balaban J connectivity index is 1.69. The van der Waals surface area contributed by atoms with E-state index in [4.69, 9.17) is 17.0 Å². The van der Waals surface area contributed by atoms with Crippen molar-refractivity contribution in [3.63, 3.8) is 0 Å². The van der Waals surface area contributed by atoms with Gasteiger partial charge in [-0.25, -0.2) is 0 Å². The fourth-order valence-corrected chi connectivity index (χ4v) is 3.11. The van der Waals surface area contributed by atoms with Gasteiger partial charge in [-0.3, -0.25) is 14.4 Å². The molecule has 8 heteroatoms. The molecule has 2 aromatic carbocycles. The lowest BCUT2D eigenvalue weighted by atomic mass is 10.1. The maximum absolute atomic E-state index is 12.1. The molecule has 7 nitrogen and oxygen atoms in total. The van der Waals surface area contributed by atoms with Crippen molar-refractivity contribution < 1.29 is 19.1 Å². The van der Waals surface area contributed by atoms with Gasteiger partial charge in [-0.05, 0) is 55.2 Å². The highest BCUT2D eigenvalue weighted by Crippen LogP contribution is 2.23. The zero-order valence-corrected chi connectivity index (χ0v) is 19.2. The summed E-state index contributed by atoms with van der Waals surface area (Å²) in [5, 5.41) is 8.44. The Kier molecular flexibility index (Phi) is 10.3. The number of esters is 1. The molecule has 0 aliphatic heterocycles. The number of aryl methyl sites for hydroxylation is 1. The molecule has 0 aromatic heterocycles. The lowest BCUT2D eigenvalue weighted by Gasteiger charge is -2.15. The smallest absolute Gasteiger partial charge is 0.306 e. The van der Waals surface area contributed by atoms with Crippen LogP contribution in [0.15, 0.2) is 48.5 Å². The minimum absolute atomic E-state index is 0.0165. The second-order valence-electron chi connectivity index (χ2n) is 7.19. The van der Waals surface area contributed by atoms with Gasteiger partial charge in [0, 0.05) is 24.2 Å². The molecule has 0 unspecified atom stereocenters. The Morgan fingerprint density at radius 2 is 1.59 bits per heavy atom. The van der Waals surface area contributed by atoms with E-state index in [9.17, 15) is 14.4 Å². The lowest BCUT2D eigenvalue weighted by Crippen LogP contribution is -2.34. The van der Waals surface area contributed by atoms with Gasteiger partial charge in [0.15, 0.2) is 5.11 Å². The Morgan fingerprint density at radius 3 is 2.28 bits per heavy atom. The fourth-order valence-electron chi connectivity index (χ4n) is 2.88. The van der Waals surface area contributed by atoms with Crippen molar-refractivity contribution >= 4 is 46.5 Å². The number of carbonyl (C=O) groups is 3. The molecule has 0 atom stereocenters. The SMILES string of the molecule is CCC(=O)Nc1cccc(NC(=S)NC(=O)CCC(=O)OCCCc2ccccc2)c1C. The molecule has 0 aliphatic carbocycles. The number of nitrogens with one attached hydrogen (secondary N) is 3. The van der Waals surface area contributed by atoms with Gasteiger partial charge in [0.1, 0.15) is 0 Å². The lowest BCUT2D eigenvalue weighted by molar-refractivity contribution is -0.145. The molecule has 0 aliphatic rings. The minimum Gasteiger partial charge on any atom is -0.466 e. The van der Waals surface area contributed by atoms with E-state index in [0.29, 0.717) is 24.4 Å². The molecule has 3 N–H and O–H groups in total. The zero-order valence-electron chi connectivity index (χ0n) is 18.4. The van der Waals surface area contributed by atoms with Crippen LogP contribution in [0.4, 0.5) is 11.4 Å². The molecule has 2 amide bonds. The summed E-state index contributed by atoms with van der Waals surface area (Å²) in [7, 11) is 0. The third-order valence-corrected chi connectivity index (χ3v) is 4.91. The minimum atomic E-state index is -0.415. The maximum Gasteiger partial charge on any atom is 0.306 e. The Hall–Kier alpha value is -3.26. The van der Waals surface area contributed by atoms with Crippen LogP contribution in [-0.2, 0) is 25.5 Å². The van der Waals surface area contributed by atoms with E-state index in [1.54, 1.807) is 25.1 Å². The number of rotatable bonds is 10. The van der Waals surface area contributed by atoms with Crippen molar-refractivity contribution in [2.75, 3.05) is 17.2 Å². The number of amides is 2. The standard InChI is InChI=1S/C24H29N3O4S/c1-3-21(28)25-19-12-7-13-20(17(19)2)26-24(32)27-22(29)14-15-23(30)31-16-8-11-18-9-5-4-6-10-18/h4-7,9-10,12-13H,3,8,11,14-16H2,1-2H3,(H,25,28)(H2,26,27,29,32). The van der Waals surface area contributed by atoms with Crippen LogP contribution in [0.3, 0.4) is 0 Å². The summed E-state index contributed by atoms with van der Waals surface area (Å²) in [5.41, 5.74) is 3.33. The summed E-state index contributed by atoms with van der Waals surface area (Å²) in [6, 6.07) is 15.3. The molecule has 2 rings (SSSR count). The number of anilines is 2. The molecule has 2 aromatic rings.